The zero-order valence-electron chi connectivity index (χ0n) is 8.51. The Morgan fingerprint density at radius 2 is 1.88 bits per heavy atom. The molecule has 1 aliphatic rings. The number of sulfonamides is 1. The van der Waals surface area contributed by atoms with Gasteiger partial charge in [0.05, 0.1) is 4.90 Å². The van der Waals surface area contributed by atoms with Gasteiger partial charge in [0.1, 0.15) is 5.82 Å². The van der Waals surface area contributed by atoms with E-state index in [9.17, 15) is 12.8 Å². The lowest BCUT2D eigenvalue weighted by Gasteiger charge is -2.36. The molecule has 0 radical (unpaired) electrons. The maximum Gasteiger partial charge on any atom is 0.243 e. The van der Waals surface area contributed by atoms with Crippen LogP contribution in [-0.4, -0.2) is 37.5 Å². The van der Waals surface area contributed by atoms with E-state index in [0.717, 1.165) is 12.1 Å². The molecule has 1 aromatic carbocycles. The van der Waals surface area contributed by atoms with Crippen molar-refractivity contribution in [3.63, 3.8) is 0 Å². The van der Waals surface area contributed by atoms with Crippen molar-refractivity contribution in [2.24, 2.45) is 5.92 Å². The third-order valence-electron chi connectivity index (χ3n) is 2.63. The lowest BCUT2D eigenvalue weighted by Crippen LogP contribution is -2.51. The van der Waals surface area contributed by atoms with Gasteiger partial charge >= 0.3 is 0 Å². The van der Waals surface area contributed by atoms with Crippen LogP contribution in [0.3, 0.4) is 0 Å². The van der Waals surface area contributed by atoms with Crippen LogP contribution in [0.2, 0.25) is 0 Å². The highest BCUT2D eigenvalue weighted by Crippen LogP contribution is 2.24. The van der Waals surface area contributed by atoms with Crippen molar-refractivity contribution in [1.82, 2.24) is 4.31 Å². The van der Waals surface area contributed by atoms with Gasteiger partial charge in [-0.3, -0.25) is 0 Å². The summed E-state index contributed by atoms with van der Waals surface area (Å²) < 4.78 is 37.7. The second-order valence-corrected chi connectivity index (χ2v) is 5.76. The van der Waals surface area contributed by atoms with Crippen LogP contribution < -0.4 is 0 Å². The van der Waals surface area contributed by atoms with E-state index in [-0.39, 0.29) is 17.4 Å². The third-order valence-corrected chi connectivity index (χ3v) is 4.48. The second-order valence-electron chi connectivity index (χ2n) is 3.82. The molecule has 1 saturated heterocycles. The van der Waals surface area contributed by atoms with Gasteiger partial charge in [-0.1, -0.05) is 0 Å². The van der Waals surface area contributed by atoms with Crippen LogP contribution in [0.4, 0.5) is 4.39 Å². The molecule has 2 rings (SSSR count). The molecule has 1 N–H and O–H groups in total. The smallest absolute Gasteiger partial charge is 0.243 e. The third kappa shape index (κ3) is 1.95. The van der Waals surface area contributed by atoms with Gasteiger partial charge in [-0.15, -0.1) is 0 Å². The minimum absolute atomic E-state index is 0.00453. The van der Waals surface area contributed by atoms with Gasteiger partial charge in [-0.25, -0.2) is 12.8 Å². The minimum Gasteiger partial charge on any atom is -0.396 e. The average Bonchev–Trinajstić information content (AvgIpc) is 2.16. The number of hydrogen-bond acceptors (Lipinski definition) is 3. The van der Waals surface area contributed by atoms with Gasteiger partial charge in [-0.05, 0) is 24.3 Å². The first-order valence-electron chi connectivity index (χ1n) is 4.90. The summed E-state index contributed by atoms with van der Waals surface area (Å²) in [4.78, 5) is 0.0882. The van der Waals surface area contributed by atoms with Crippen molar-refractivity contribution < 1.29 is 17.9 Å². The topological polar surface area (TPSA) is 57.6 Å². The van der Waals surface area contributed by atoms with Gasteiger partial charge < -0.3 is 5.11 Å². The fourth-order valence-corrected chi connectivity index (χ4v) is 3.18. The fourth-order valence-electron chi connectivity index (χ4n) is 1.59. The largest absolute Gasteiger partial charge is 0.396 e. The van der Waals surface area contributed by atoms with Crippen molar-refractivity contribution in [1.29, 1.82) is 0 Å². The molecule has 4 nitrogen and oxygen atoms in total. The van der Waals surface area contributed by atoms with E-state index in [1.165, 1.54) is 16.4 Å². The molecule has 0 amide bonds. The van der Waals surface area contributed by atoms with E-state index in [1.807, 2.05) is 0 Å². The Labute approximate surface area is 93.4 Å². The van der Waals surface area contributed by atoms with Crippen molar-refractivity contribution in [2.45, 2.75) is 4.90 Å². The number of nitrogens with zero attached hydrogens (tertiary/aromatic N) is 1. The highest BCUT2D eigenvalue weighted by molar-refractivity contribution is 7.89. The van der Waals surface area contributed by atoms with E-state index in [1.54, 1.807) is 0 Å². The quantitative estimate of drug-likeness (QED) is 0.840. The van der Waals surface area contributed by atoms with Gasteiger partial charge in [0.15, 0.2) is 0 Å². The SMILES string of the molecule is O=S(=O)(c1ccc(F)cc1)N1CC(CO)C1. The first-order chi connectivity index (χ1) is 7.54. The van der Waals surface area contributed by atoms with Gasteiger partial charge in [0.25, 0.3) is 0 Å². The molecular weight excluding hydrogens is 233 g/mol. The van der Waals surface area contributed by atoms with E-state index < -0.39 is 15.8 Å². The van der Waals surface area contributed by atoms with E-state index in [4.69, 9.17) is 5.11 Å². The highest BCUT2D eigenvalue weighted by Gasteiger charge is 2.36. The van der Waals surface area contributed by atoms with E-state index in [2.05, 4.69) is 0 Å². The van der Waals surface area contributed by atoms with Crippen molar-refractivity contribution in [3.8, 4) is 0 Å². The Hall–Kier alpha value is -0.980. The average molecular weight is 245 g/mol. The molecule has 0 atom stereocenters. The molecule has 0 aromatic heterocycles. The zero-order valence-corrected chi connectivity index (χ0v) is 9.32. The normalized spacial score (nSPS) is 18.4. The second kappa shape index (κ2) is 4.12. The lowest BCUT2D eigenvalue weighted by atomic mass is 10.1. The summed E-state index contributed by atoms with van der Waals surface area (Å²) in [6, 6.07) is 4.74. The van der Waals surface area contributed by atoms with Crippen LogP contribution in [0, 0.1) is 11.7 Å². The fraction of sp³-hybridized carbons (Fsp3) is 0.400. The predicted octanol–water partition coefficient (Wildman–Crippen LogP) is 0.439. The molecule has 6 heteroatoms. The van der Waals surface area contributed by atoms with Gasteiger partial charge in [0, 0.05) is 25.6 Å². The summed E-state index contributed by atoms with van der Waals surface area (Å²) in [7, 11) is -3.51. The minimum atomic E-state index is -3.51. The summed E-state index contributed by atoms with van der Waals surface area (Å²) in [5.41, 5.74) is 0. The Balaban J connectivity index is 2.17. The predicted molar refractivity (Wildman–Crippen MR) is 55.7 cm³/mol. The summed E-state index contributed by atoms with van der Waals surface area (Å²) in [5, 5.41) is 8.81. The van der Waals surface area contributed by atoms with Crippen LogP contribution in [0.5, 0.6) is 0 Å². The summed E-state index contributed by atoms with van der Waals surface area (Å²) in [6.45, 7) is 0.655. The van der Waals surface area contributed by atoms with Crippen LogP contribution in [-0.2, 0) is 10.0 Å². The Bertz CT molecular complexity index is 465. The van der Waals surface area contributed by atoms with Crippen LogP contribution >= 0.6 is 0 Å². The van der Waals surface area contributed by atoms with Crippen LogP contribution in [0.15, 0.2) is 29.2 Å². The zero-order chi connectivity index (χ0) is 11.8. The number of aliphatic hydroxyl groups excluding tert-OH is 1. The van der Waals surface area contributed by atoms with Crippen molar-refractivity contribution in [3.05, 3.63) is 30.1 Å². The molecule has 1 fully saturated rings. The van der Waals surface area contributed by atoms with Crippen LogP contribution in [0.1, 0.15) is 0 Å². The van der Waals surface area contributed by atoms with Gasteiger partial charge in [0.2, 0.25) is 10.0 Å². The van der Waals surface area contributed by atoms with E-state index >= 15 is 0 Å². The van der Waals surface area contributed by atoms with E-state index in [0.29, 0.717) is 13.1 Å². The number of rotatable bonds is 3. The molecule has 0 saturated carbocycles. The first kappa shape index (κ1) is 11.5. The maximum atomic E-state index is 12.6. The molecule has 0 unspecified atom stereocenters. The molecule has 0 bridgehead atoms. The molecule has 1 aliphatic heterocycles. The standard InChI is InChI=1S/C10H12FNO3S/c11-9-1-3-10(4-2-9)16(14,15)12-5-8(6-12)7-13/h1-4,8,13H,5-7H2. The Kier molecular flexibility index (Phi) is 2.96. The number of halogens is 1. The summed E-state index contributed by atoms with van der Waals surface area (Å²) in [5.74, 6) is -0.439. The molecule has 0 aliphatic carbocycles. The Morgan fingerprint density at radius 1 is 1.31 bits per heavy atom. The summed E-state index contributed by atoms with van der Waals surface area (Å²) in [6.07, 6.45) is 0. The van der Waals surface area contributed by atoms with Crippen LogP contribution in [0.25, 0.3) is 0 Å². The Morgan fingerprint density at radius 3 is 2.38 bits per heavy atom. The van der Waals surface area contributed by atoms with Gasteiger partial charge in [-0.2, -0.15) is 4.31 Å². The molecule has 88 valence electrons. The number of aliphatic hydroxyl groups is 1. The molecule has 1 heterocycles. The summed E-state index contributed by atoms with van der Waals surface area (Å²) >= 11 is 0. The van der Waals surface area contributed by atoms with Crippen molar-refractivity contribution in [2.75, 3.05) is 19.7 Å². The maximum absolute atomic E-state index is 12.6. The van der Waals surface area contributed by atoms with Crippen molar-refractivity contribution >= 4 is 10.0 Å². The highest BCUT2D eigenvalue weighted by atomic mass is 32.2. The molecular formula is C10H12FNO3S. The number of hydrogen-bond donors (Lipinski definition) is 1. The molecule has 16 heavy (non-hydrogen) atoms. The lowest BCUT2D eigenvalue weighted by molar-refractivity contribution is 0.117. The molecule has 0 spiro atoms. The monoisotopic (exact) mass is 245 g/mol. The first-order valence-corrected chi connectivity index (χ1v) is 6.34. The molecule has 1 aromatic rings. The number of benzene rings is 1.